The first-order valence-corrected chi connectivity index (χ1v) is 28.1. The summed E-state index contributed by atoms with van der Waals surface area (Å²) in [6.45, 7) is 38.1. The number of hydrogen-bond donors (Lipinski definition) is 0. The van der Waals surface area contributed by atoms with Gasteiger partial charge in [0.15, 0.2) is 0 Å². The molecule has 6 aromatic carbocycles. The van der Waals surface area contributed by atoms with Crippen LogP contribution in [0.4, 0.5) is 34.3 Å². The van der Waals surface area contributed by atoms with Crippen molar-refractivity contribution in [2.24, 2.45) is 0 Å². The second-order valence-corrected chi connectivity index (χ2v) is 29.2. The summed E-state index contributed by atoms with van der Waals surface area (Å²) in [5.41, 5.74) is 20.6. The number of rotatable bonds is 3. The predicted octanol–water partition coefficient (Wildman–Crippen LogP) is 17.6. The first kappa shape index (κ1) is 42.7. The first-order chi connectivity index (χ1) is 36.7. The molecule has 2 aliphatic heterocycles. The summed E-state index contributed by atoms with van der Waals surface area (Å²) in [5, 5.41) is 1.13. The number of nitrogens with zero attached hydrogens (tertiary/aromatic N) is 2. The van der Waals surface area contributed by atoms with E-state index in [9.17, 15) is 2.74 Å². The maximum atomic E-state index is 9.61. The highest BCUT2D eigenvalue weighted by atomic mass is 16.4. The molecule has 4 aliphatic carbocycles. The summed E-state index contributed by atoms with van der Waals surface area (Å²) in [4.78, 5) is 4.88. The largest absolute Gasteiger partial charge is 0.440 e. The molecule has 0 atom stereocenters. The number of furan rings is 1. The van der Waals surface area contributed by atoms with Crippen molar-refractivity contribution in [2.45, 2.75) is 205 Å². The van der Waals surface area contributed by atoms with Crippen LogP contribution in [0.2, 0.25) is 0 Å². The van der Waals surface area contributed by atoms with Crippen LogP contribution in [0.15, 0.2) is 107 Å². The summed E-state index contributed by atoms with van der Waals surface area (Å²) in [6, 6.07) is 27.1. The third-order valence-corrected chi connectivity index (χ3v) is 20.6. The van der Waals surface area contributed by atoms with Gasteiger partial charge in [-0.05, 0) is 216 Å². The van der Waals surface area contributed by atoms with Gasteiger partial charge in [0.1, 0.15) is 5.58 Å². The predicted molar refractivity (Wildman–Crippen MR) is 317 cm³/mol. The molecular formula is C70H81BN2O. The van der Waals surface area contributed by atoms with Gasteiger partial charge >= 0.3 is 0 Å². The number of fused-ring (bicyclic) bond motifs is 10. The van der Waals surface area contributed by atoms with Gasteiger partial charge in [-0.1, -0.05) is 159 Å². The molecule has 0 unspecified atom stereocenters. The Labute approximate surface area is 451 Å². The molecule has 0 bridgehead atoms. The van der Waals surface area contributed by atoms with Crippen molar-refractivity contribution in [2.75, 3.05) is 9.80 Å². The van der Waals surface area contributed by atoms with E-state index in [4.69, 9.17) is 8.53 Å². The second kappa shape index (κ2) is 15.1. The third-order valence-electron chi connectivity index (χ3n) is 20.6. The lowest BCUT2D eigenvalue weighted by Gasteiger charge is -2.47. The van der Waals surface area contributed by atoms with Crippen LogP contribution in [0.5, 0.6) is 0 Å². The Bertz CT molecular complexity index is 3820. The zero-order valence-corrected chi connectivity index (χ0v) is 47.5. The molecule has 380 valence electrons. The lowest BCUT2D eigenvalue weighted by Crippen LogP contribution is -2.61. The lowest BCUT2D eigenvalue weighted by molar-refractivity contribution is 0.332. The van der Waals surface area contributed by atoms with Gasteiger partial charge in [0.05, 0.1) is 6.85 Å². The van der Waals surface area contributed by atoms with E-state index in [1.54, 1.807) is 0 Å². The molecule has 0 fully saturated rings. The Hall–Kier alpha value is -5.48. The van der Waals surface area contributed by atoms with Crippen LogP contribution in [0.25, 0.3) is 22.1 Å². The zero-order chi connectivity index (χ0) is 56.6. The molecule has 0 N–H and O–H groups in total. The normalized spacial score (nSPS) is 23.1. The molecule has 0 saturated carbocycles. The van der Waals surface area contributed by atoms with Crippen LogP contribution in [0, 0.1) is 0 Å². The molecule has 0 spiro atoms. The van der Waals surface area contributed by atoms with Crippen molar-refractivity contribution in [3.63, 3.8) is 0 Å². The summed E-state index contributed by atoms with van der Waals surface area (Å²) in [5.74, 6) is 0.775. The molecular weight excluding hydrogens is 896 g/mol. The first-order valence-electron chi connectivity index (χ1n) is 30.6. The van der Waals surface area contributed by atoms with E-state index < -0.39 is 6.04 Å². The molecule has 3 nitrogen and oxygen atoms in total. The number of hydrogen-bond acceptors (Lipinski definition) is 3. The van der Waals surface area contributed by atoms with Gasteiger partial charge in [0.2, 0.25) is 5.88 Å². The molecule has 13 rings (SSSR count). The second-order valence-electron chi connectivity index (χ2n) is 29.2. The van der Waals surface area contributed by atoms with E-state index in [-0.39, 0.29) is 79.8 Å². The monoisotopic (exact) mass is 982 g/mol. The van der Waals surface area contributed by atoms with Crippen LogP contribution in [0.1, 0.15) is 214 Å². The van der Waals surface area contributed by atoms with E-state index in [0.29, 0.717) is 5.56 Å². The fourth-order valence-electron chi connectivity index (χ4n) is 15.1. The molecule has 3 heterocycles. The van der Waals surface area contributed by atoms with Crippen molar-refractivity contribution in [3.8, 4) is 11.1 Å². The topological polar surface area (TPSA) is 19.6 Å². The average Bonchev–Trinajstić information content (AvgIpc) is 2.50. The fraction of sp³-hybridized carbons (Fsp3) is 0.457. The highest BCUT2D eigenvalue weighted by Gasteiger charge is 2.51. The fourth-order valence-corrected chi connectivity index (χ4v) is 15.1. The average molecular weight is 982 g/mol. The van der Waals surface area contributed by atoms with E-state index in [1.807, 2.05) is 0 Å². The molecule has 0 saturated heterocycles. The van der Waals surface area contributed by atoms with Crippen molar-refractivity contribution < 1.29 is 11.3 Å². The summed E-state index contributed by atoms with van der Waals surface area (Å²) >= 11 is 0. The van der Waals surface area contributed by atoms with Crippen LogP contribution in [-0.2, 0) is 43.3 Å². The maximum Gasteiger partial charge on any atom is 0.257 e. The minimum absolute atomic E-state index is 0.00388. The summed E-state index contributed by atoms with van der Waals surface area (Å²) < 4.78 is 53.8. The van der Waals surface area contributed by atoms with Crippen LogP contribution in [0.3, 0.4) is 0 Å². The van der Waals surface area contributed by atoms with E-state index in [2.05, 4.69) is 193 Å². The van der Waals surface area contributed by atoms with Crippen LogP contribution < -0.4 is 26.2 Å². The minimum atomic E-state index is -0.397. The standard InChI is InChI=1S/C70H81BN2O/c1-63(2)26-28-65(5,6)49-36-44(22-24-47(49)63)72-56-40-53-52(68(11,12)31-32-69(53,13)14)39-55(56)71-60-46-38-51-54(70(15,16)33-30-67(51,9)10)41-59(46)74-62(60)73(45-23-25-48-50(37-45)66(7,8)29-27-64(48,3)4)58-35-43(34-57(72)61(58)71)42-20-18-17-19-21-42/h17-25,34-41H,26-33H2,1-16H3/i17D,18D,19D,20D,21D. The number of benzene rings is 6. The van der Waals surface area contributed by atoms with Gasteiger partial charge in [-0.2, -0.15) is 0 Å². The van der Waals surface area contributed by atoms with Gasteiger partial charge in [0.25, 0.3) is 6.71 Å². The van der Waals surface area contributed by atoms with Gasteiger partial charge in [-0.3, -0.25) is 4.90 Å². The minimum Gasteiger partial charge on any atom is -0.440 e. The maximum absolute atomic E-state index is 9.61. The molecule has 74 heavy (non-hydrogen) atoms. The SMILES string of the molecule is [2H]c1c([2H])c([2H])c(-c2cc3c4c(c2)N(c2ccc5c(c2)C(C)(C)CCC5(C)C)c2oc5cc6c(cc5c2B4c2cc4c(cc2N3c2ccc3c(c2)C(C)(C)CCC3(C)C)C(C)(C)CCC4(C)C)C(C)(C)CCC6(C)C)c([2H])c1[2H]. The van der Waals surface area contributed by atoms with Crippen LogP contribution in [-0.4, -0.2) is 6.71 Å². The van der Waals surface area contributed by atoms with E-state index in [0.717, 1.165) is 108 Å². The molecule has 0 radical (unpaired) electrons. The molecule has 6 aliphatic rings. The quantitative estimate of drug-likeness (QED) is 0.165. The van der Waals surface area contributed by atoms with Gasteiger partial charge in [-0.15, -0.1) is 0 Å². The molecule has 1 aromatic heterocycles. The highest BCUT2D eigenvalue weighted by molar-refractivity contribution is 7.01. The highest BCUT2D eigenvalue weighted by Crippen LogP contribution is 2.56. The molecule has 0 amide bonds. The van der Waals surface area contributed by atoms with E-state index in [1.165, 1.54) is 50.0 Å². The lowest BCUT2D eigenvalue weighted by atomic mass is 9.33. The van der Waals surface area contributed by atoms with Crippen molar-refractivity contribution >= 4 is 68.4 Å². The smallest absolute Gasteiger partial charge is 0.257 e. The third kappa shape index (κ3) is 6.83. The zero-order valence-electron chi connectivity index (χ0n) is 52.5. The Morgan fingerprint density at radius 1 is 0.392 bits per heavy atom. The van der Waals surface area contributed by atoms with Gasteiger partial charge in [-0.25, -0.2) is 0 Å². The van der Waals surface area contributed by atoms with Crippen LogP contribution >= 0.6 is 0 Å². The molecule has 7 aromatic rings. The molecule has 4 heteroatoms. The van der Waals surface area contributed by atoms with Crippen molar-refractivity contribution in [1.82, 2.24) is 0 Å². The van der Waals surface area contributed by atoms with E-state index >= 15 is 0 Å². The Balaban J connectivity index is 1.23. The van der Waals surface area contributed by atoms with Crippen molar-refractivity contribution in [3.05, 3.63) is 148 Å². The van der Waals surface area contributed by atoms with Gasteiger partial charge in [0, 0.05) is 39.3 Å². The van der Waals surface area contributed by atoms with Crippen molar-refractivity contribution in [1.29, 1.82) is 0 Å². The number of anilines is 6. The summed E-state index contributed by atoms with van der Waals surface area (Å²) in [6.07, 6.45) is 8.66. The Morgan fingerprint density at radius 2 is 0.797 bits per heavy atom. The Kier molecular flexibility index (Phi) is 8.74. The van der Waals surface area contributed by atoms with Gasteiger partial charge < -0.3 is 9.32 Å². The summed E-state index contributed by atoms with van der Waals surface area (Å²) in [7, 11) is 0. The Morgan fingerprint density at radius 3 is 1.30 bits per heavy atom.